The summed E-state index contributed by atoms with van der Waals surface area (Å²) in [6.45, 7) is 17.0. The molecular formula is C32H43N3O3S2Si2. The van der Waals surface area contributed by atoms with Crippen LogP contribution in [-0.4, -0.2) is 44.6 Å². The molecule has 0 aromatic carbocycles. The Balaban J connectivity index is 0.000000169. The lowest BCUT2D eigenvalue weighted by Gasteiger charge is -2.33. The lowest BCUT2D eigenvalue weighted by Crippen LogP contribution is -2.32. The van der Waals surface area contributed by atoms with E-state index in [1.54, 1.807) is 0 Å². The Hall–Kier alpha value is -2.41. The van der Waals surface area contributed by atoms with Crippen molar-refractivity contribution in [2.45, 2.75) is 95.8 Å². The highest BCUT2D eigenvalue weighted by molar-refractivity contribution is 7.20. The van der Waals surface area contributed by atoms with Crippen LogP contribution in [0.3, 0.4) is 0 Å². The van der Waals surface area contributed by atoms with Crippen molar-refractivity contribution >= 4 is 71.1 Å². The van der Waals surface area contributed by atoms with Crippen molar-refractivity contribution in [1.82, 2.24) is 9.97 Å². The SMILES string of the molecule is CCOC(=O)c1cc2cc3c(nc2s1)CCC([Si](C)(C)C)C3.C[Si](C)(C)C1CCc2nc3sc(C(N)=O)cc3cc2C1. The van der Waals surface area contributed by atoms with E-state index in [4.69, 9.17) is 20.4 Å². The van der Waals surface area contributed by atoms with Crippen LogP contribution in [0.25, 0.3) is 20.4 Å². The molecule has 4 aromatic heterocycles. The second-order valence-electron chi connectivity index (χ2n) is 13.9. The fourth-order valence-electron chi connectivity index (χ4n) is 6.15. The first kappa shape index (κ1) is 31.0. The Morgan fingerprint density at radius 3 is 1.69 bits per heavy atom. The molecule has 0 spiro atoms. The average Bonchev–Trinajstić information content (AvgIpc) is 3.53. The topological polar surface area (TPSA) is 95.2 Å². The Bertz CT molecular complexity index is 1650. The van der Waals surface area contributed by atoms with Crippen molar-refractivity contribution < 1.29 is 14.3 Å². The number of aromatic nitrogens is 2. The summed E-state index contributed by atoms with van der Waals surface area (Å²) in [5.41, 5.74) is 12.3. The van der Waals surface area contributed by atoms with Crippen LogP contribution < -0.4 is 5.73 Å². The Morgan fingerprint density at radius 1 is 0.810 bits per heavy atom. The molecule has 2 aliphatic carbocycles. The highest BCUT2D eigenvalue weighted by Crippen LogP contribution is 2.39. The van der Waals surface area contributed by atoms with E-state index in [2.05, 4.69) is 51.4 Å². The summed E-state index contributed by atoms with van der Waals surface area (Å²) in [5.74, 6) is -0.589. The first-order chi connectivity index (χ1) is 19.7. The number of amides is 1. The lowest BCUT2D eigenvalue weighted by molar-refractivity contribution is 0.0532. The summed E-state index contributed by atoms with van der Waals surface area (Å²) in [7, 11) is -2.22. The molecule has 6 rings (SSSR count). The van der Waals surface area contributed by atoms with E-state index < -0.39 is 16.1 Å². The third-order valence-electron chi connectivity index (χ3n) is 8.91. The first-order valence-corrected chi connectivity index (χ1v) is 23.8. The number of fused-ring (bicyclic) bond motifs is 4. The van der Waals surface area contributed by atoms with Crippen molar-refractivity contribution in [3.63, 3.8) is 0 Å². The van der Waals surface area contributed by atoms with Crippen LogP contribution in [0.1, 0.15) is 61.6 Å². The van der Waals surface area contributed by atoms with E-state index in [9.17, 15) is 9.59 Å². The normalized spacial score (nSPS) is 18.6. The molecular weight excluding hydrogens is 595 g/mol. The number of esters is 1. The zero-order valence-electron chi connectivity index (χ0n) is 25.9. The highest BCUT2D eigenvalue weighted by Gasteiger charge is 2.32. The molecule has 0 bridgehead atoms. The van der Waals surface area contributed by atoms with Gasteiger partial charge in [-0.2, -0.15) is 0 Å². The van der Waals surface area contributed by atoms with Crippen LogP contribution in [0.2, 0.25) is 50.4 Å². The van der Waals surface area contributed by atoms with Crippen molar-refractivity contribution in [2.75, 3.05) is 6.61 Å². The summed E-state index contributed by atoms with van der Waals surface area (Å²) >= 11 is 2.86. The zero-order chi connectivity index (χ0) is 30.4. The molecule has 224 valence electrons. The van der Waals surface area contributed by atoms with Crippen LogP contribution in [0.4, 0.5) is 0 Å². The number of ether oxygens (including phenoxy) is 1. The minimum absolute atomic E-state index is 0.233. The summed E-state index contributed by atoms with van der Waals surface area (Å²) in [6, 6.07) is 8.30. The van der Waals surface area contributed by atoms with Crippen molar-refractivity contribution in [2.24, 2.45) is 5.73 Å². The standard InChI is InChI=1S/C17H23NO2SSi.C15H20N2OSSi/c1-5-20-17(19)15-10-12-8-11-9-13(22(2,3)4)6-7-14(11)18-16(12)21-15;1-20(2,3)11-4-5-12-9(7-11)6-10-8-13(14(16)18)19-15(10)17-12/h8,10,13H,5-7,9H2,1-4H3;6,8,11H,4-5,7H2,1-3H3,(H2,16,18). The summed E-state index contributed by atoms with van der Waals surface area (Å²) in [4.78, 5) is 35.9. The number of nitrogens with zero attached hydrogens (tertiary/aromatic N) is 2. The molecule has 0 aliphatic heterocycles. The number of carbonyl (C=O) groups excluding carboxylic acids is 2. The molecule has 42 heavy (non-hydrogen) atoms. The van der Waals surface area contributed by atoms with Gasteiger partial charge in [0.2, 0.25) is 0 Å². The van der Waals surface area contributed by atoms with E-state index in [0.29, 0.717) is 16.4 Å². The van der Waals surface area contributed by atoms with E-state index in [1.165, 1.54) is 58.0 Å². The average molecular weight is 638 g/mol. The lowest BCUT2D eigenvalue weighted by atomic mass is 9.95. The second-order valence-corrected chi connectivity index (χ2v) is 27.1. The first-order valence-electron chi connectivity index (χ1n) is 15.0. The van der Waals surface area contributed by atoms with Crippen molar-refractivity contribution in [3.8, 4) is 0 Å². The molecule has 0 saturated carbocycles. The number of hydrogen-bond acceptors (Lipinski definition) is 7. The predicted octanol–water partition coefficient (Wildman–Crippen LogP) is 8.26. The molecule has 2 unspecified atom stereocenters. The number of carbonyl (C=O) groups is 2. The Kier molecular flexibility index (Phi) is 8.82. The Morgan fingerprint density at radius 2 is 1.26 bits per heavy atom. The van der Waals surface area contributed by atoms with Crippen molar-refractivity contribution in [3.05, 3.63) is 56.5 Å². The number of hydrogen-bond donors (Lipinski definition) is 1. The van der Waals surface area contributed by atoms with Gasteiger partial charge >= 0.3 is 5.97 Å². The highest BCUT2D eigenvalue weighted by atomic mass is 32.1. The van der Waals surface area contributed by atoms with Gasteiger partial charge in [-0.25, -0.2) is 14.8 Å². The van der Waals surface area contributed by atoms with Crippen LogP contribution in [0.15, 0.2) is 24.3 Å². The number of primary amides is 1. The van der Waals surface area contributed by atoms with E-state index >= 15 is 0 Å². The molecule has 10 heteroatoms. The third-order valence-corrected chi connectivity index (χ3v) is 16.9. The van der Waals surface area contributed by atoms with Gasteiger partial charge in [0.15, 0.2) is 0 Å². The van der Waals surface area contributed by atoms with Crippen molar-refractivity contribution in [1.29, 1.82) is 0 Å². The van der Waals surface area contributed by atoms with Gasteiger partial charge in [0, 0.05) is 38.3 Å². The number of nitrogens with two attached hydrogens (primary N) is 1. The van der Waals surface area contributed by atoms with Gasteiger partial charge in [-0.3, -0.25) is 4.79 Å². The fraction of sp³-hybridized carbons (Fsp3) is 0.500. The van der Waals surface area contributed by atoms with Gasteiger partial charge in [-0.05, 0) is 91.9 Å². The maximum atomic E-state index is 11.9. The predicted molar refractivity (Wildman–Crippen MR) is 182 cm³/mol. The number of aryl methyl sites for hydroxylation is 2. The smallest absolute Gasteiger partial charge is 0.348 e. The monoisotopic (exact) mass is 637 g/mol. The summed E-state index contributed by atoms with van der Waals surface area (Å²) < 4.78 is 5.09. The molecule has 2 aliphatic rings. The molecule has 4 heterocycles. The molecule has 0 fully saturated rings. The van der Waals surface area contributed by atoms with Gasteiger partial charge in [0.1, 0.15) is 14.5 Å². The fourth-order valence-corrected chi connectivity index (χ4v) is 11.6. The van der Waals surface area contributed by atoms with Crippen LogP contribution >= 0.6 is 22.7 Å². The van der Waals surface area contributed by atoms with E-state index in [0.717, 1.165) is 57.2 Å². The third kappa shape index (κ3) is 6.71. The van der Waals surface area contributed by atoms with Crippen LogP contribution in [0.5, 0.6) is 0 Å². The second kappa shape index (κ2) is 11.9. The summed E-state index contributed by atoms with van der Waals surface area (Å²) in [5, 5.41) is 2.15. The van der Waals surface area contributed by atoms with Crippen LogP contribution in [-0.2, 0) is 30.4 Å². The van der Waals surface area contributed by atoms with Gasteiger partial charge in [0.25, 0.3) is 5.91 Å². The largest absolute Gasteiger partial charge is 0.462 e. The minimum atomic E-state index is -1.12. The molecule has 6 nitrogen and oxygen atoms in total. The zero-order valence-corrected chi connectivity index (χ0v) is 29.6. The number of rotatable bonds is 5. The maximum absolute atomic E-state index is 11.9. The van der Waals surface area contributed by atoms with Gasteiger partial charge in [-0.1, -0.05) is 39.3 Å². The molecule has 1 amide bonds. The van der Waals surface area contributed by atoms with E-state index in [-0.39, 0.29) is 11.9 Å². The molecule has 4 aromatic rings. The van der Waals surface area contributed by atoms with Gasteiger partial charge in [0.05, 0.1) is 11.5 Å². The molecule has 2 N–H and O–H groups in total. The maximum Gasteiger partial charge on any atom is 0.348 e. The molecule has 0 saturated heterocycles. The number of pyridine rings is 2. The van der Waals surface area contributed by atoms with Gasteiger partial charge in [-0.15, -0.1) is 22.7 Å². The van der Waals surface area contributed by atoms with Gasteiger partial charge < -0.3 is 10.5 Å². The quantitative estimate of drug-likeness (QED) is 0.176. The van der Waals surface area contributed by atoms with E-state index in [1.807, 2.05) is 19.1 Å². The minimum Gasteiger partial charge on any atom is -0.462 e. The van der Waals surface area contributed by atoms with Crippen LogP contribution in [0, 0.1) is 0 Å². The Labute approximate surface area is 259 Å². The molecule has 2 atom stereocenters. The number of thiophene rings is 2. The summed E-state index contributed by atoms with van der Waals surface area (Å²) in [6.07, 6.45) is 6.97. The molecule has 0 radical (unpaired) electrons.